The number of hydrogen-bond donors (Lipinski definition) is 1. The van der Waals surface area contributed by atoms with Crippen molar-refractivity contribution in [1.82, 2.24) is 0 Å². The van der Waals surface area contributed by atoms with Crippen LogP contribution < -0.4 is 5.73 Å². The van der Waals surface area contributed by atoms with Crippen LogP contribution in [-0.2, 0) is 9.53 Å². The van der Waals surface area contributed by atoms with Gasteiger partial charge in [0.1, 0.15) is 5.54 Å². The van der Waals surface area contributed by atoms with Crippen LogP contribution in [0.25, 0.3) is 0 Å². The van der Waals surface area contributed by atoms with Gasteiger partial charge in [-0.1, -0.05) is 12.8 Å². The normalized spacial score (nSPS) is 43.4. The van der Waals surface area contributed by atoms with Gasteiger partial charge in [-0.05, 0) is 12.8 Å². The fourth-order valence-electron chi connectivity index (χ4n) is 2.08. The number of nitrogens with two attached hydrogens (primary N) is 1. The van der Waals surface area contributed by atoms with E-state index < -0.39 is 5.54 Å². The lowest BCUT2D eigenvalue weighted by Gasteiger charge is -2.30. The minimum Gasteiger partial charge on any atom is -0.464 e. The third kappa shape index (κ3) is 0.872. The molecule has 0 aromatic rings. The van der Waals surface area contributed by atoms with Gasteiger partial charge in [0.25, 0.3) is 0 Å². The molecule has 1 heterocycles. The van der Waals surface area contributed by atoms with E-state index in [0.717, 1.165) is 19.3 Å². The number of hydrogen-bond acceptors (Lipinski definition) is 3. The van der Waals surface area contributed by atoms with Gasteiger partial charge in [0.05, 0.1) is 6.61 Å². The van der Waals surface area contributed by atoms with E-state index in [-0.39, 0.29) is 5.97 Å². The molecule has 1 aliphatic carbocycles. The number of ether oxygens (including phenoxy) is 1. The minimum absolute atomic E-state index is 0.179. The second kappa shape index (κ2) is 2.21. The van der Waals surface area contributed by atoms with E-state index in [0.29, 0.717) is 12.5 Å². The summed E-state index contributed by atoms with van der Waals surface area (Å²) in [6.45, 7) is 0.551. The van der Waals surface area contributed by atoms with Crippen molar-refractivity contribution in [2.75, 3.05) is 6.61 Å². The summed E-state index contributed by atoms with van der Waals surface area (Å²) in [5.74, 6) is 0.117. The van der Waals surface area contributed by atoms with E-state index >= 15 is 0 Å². The van der Waals surface area contributed by atoms with E-state index in [1.54, 1.807) is 0 Å². The van der Waals surface area contributed by atoms with Crippen LogP contribution in [0.5, 0.6) is 0 Å². The zero-order valence-electron chi connectivity index (χ0n) is 6.51. The van der Waals surface area contributed by atoms with Crippen molar-refractivity contribution in [3.05, 3.63) is 0 Å². The van der Waals surface area contributed by atoms with Gasteiger partial charge < -0.3 is 10.5 Å². The molecule has 2 aliphatic rings. The van der Waals surface area contributed by atoms with Gasteiger partial charge in [0.15, 0.2) is 0 Å². The molecule has 3 heteroatoms. The van der Waals surface area contributed by atoms with Gasteiger partial charge in [0.2, 0.25) is 0 Å². The number of rotatable bonds is 0. The quantitative estimate of drug-likeness (QED) is 0.516. The Kier molecular flexibility index (Phi) is 1.42. The van der Waals surface area contributed by atoms with E-state index in [1.807, 2.05) is 0 Å². The standard InChI is InChI=1S/C8H13NO2/c9-8-4-2-1-3-6(8)5-11-7(8)10/h6H,1-5,9H2/t6-,8+/m1/s1. The second-order valence-corrected chi connectivity index (χ2v) is 3.58. The Labute approximate surface area is 65.9 Å². The molecule has 0 aromatic carbocycles. The SMILES string of the molecule is N[C@@]12CCCC[C@@H]1COC2=O. The summed E-state index contributed by atoms with van der Waals surface area (Å²) in [4.78, 5) is 11.2. The maximum Gasteiger partial charge on any atom is 0.326 e. The summed E-state index contributed by atoms with van der Waals surface area (Å²) >= 11 is 0. The summed E-state index contributed by atoms with van der Waals surface area (Å²) in [5, 5.41) is 0. The molecular formula is C8H13NO2. The smallest absolute Gasteiger partial charge is 0.326 e. The Morgan fingerprint density at radius 3 is 3.09 bits per heavy atom. The van der Waals surface area contributed by atoms with Gasteiger partial charge in [0, 0.05) is 5.92 Å². The molecule has 1 saturated heterocycles. The minimum atomic E-state index is -0.613. The summed E-state index contributed by atoms with van der Waals surface area (Å²) < 4.78 is 4.94. The maximum atomic E-state index is 11.2. The zero-order chi connectivity index (χ0) is 7.90. The number of esters is 1. The van der Waals surface area contributed by atoms with Crippen LogP contribution >= 0.6 is 0 Å². The highest BCUT2D eigenvalue weighted by Gasteiger charge is 2.50. The Bertz CT molecular complexity index is 193. The molecule has 0 aromatic heterocycles. The van der Waals surface area contributed by atoms with Crippen LogP contribution in [0.1, 0.15) is 25.7 Å². The van der Waals surface area contributed by atoms with Gasteiger partial charge in [-0.15, -0.1) is 0 Å². The number of fused-ring (bicyclic) bond motifs is 1. The molecule has 2 fully saturated rings. The fourth-order valence-corrected chi connectivity index (χ4v) is 2.08. The number of cyclic esters (lactones) is 1. The lowest BCUT2D eigenvalue weighted by atomic mass is 9.75. The van der Waals surface area contributed by atoms with Crippen molar-refractivity contribution in [3.63, 3.8) is 0 Å². The molecule has 0 unspecified atom stereocenters. The van der Waals surface area contributed by atoms with Crippen LogP contribution in [0, 0.1) is 5.92 Å². The van der Waals surface area contributed by atoms with Crippen LogP contribution in [-0.4, -0.2) is 18.1 Å². The molecule has 1 aliphatic heterocycles. The third-order valence-corrected chi connectivity index (χ3v) is 2.92. The topological polar surface area (TPSA) is 52.3 Å². The average molecular weight is 155 g/mol. The van der Waals surface area contributed by atoms with Crippen LogP contribution in [0.4, 0.5) is 0 Å². The summed E-state index contributed by atoms with van der Waals surface area (Å²) in [7, 11) is 0. The van der Waals surface area contributed by atoms with Crippen molar-refractivity contribution < 1.29 is 9.53 Å². The Morgan fingerprint density at radius 1 is 1.55 bits per heavy atom. The molecule has 0 bridgehead atoms. The molecular weight excluding hydrogens is 142 g/mol. The van der Waals surface area contributed by atoms with Gasteiger partial charge in [-0.25, -0.2) is 0 Å². The van der Waals surface area contributed by atoms with Gasteiger partial charge >= 0.3 is 5.97 Å². The highest BCUT2D eigenvalue weighted by molar-refractivity contribution is 5.83. The highest BCUT2D eigenvalue weighted by Crippen LogP contribution is 2.37. The zero-order valence-corrected chi connectivity index (χ0v) is 6.51. The fraction of sp³-hybridized carbons (Fsp3) is 0.875. The Balaban J connectivity index is 2.23. The van der Waals surface area contributed by atoms with Gasteiger partial charge in [-0.2, -0.15) is 0 Å². The Hall–Kier alpha value is -0.570. The molecule has 11 heavy (non-hydrogen) atoms. The molecule has 2 rings (SSSR count). The van der Waals surface area contributed by atoms with E-state index in [2.05, 4.69) is 0 Å². The predicted molar refractivity (Wildman–Crippen MR) is 39.8 cm³/mol. The van der Waals surface area contributed by atoms with Crippen LogP contribution in [0.15, 0.2) is 0 Å². The first-order valence-electron chi connectivity index (χ1n) is 4.19. The predicted octanol–water partition coefficient (Wildman–Crippen LogP) is 0.431. The Morgan fingerprint density at radius 2 is 2.36 bits per heavy atom. The van der Waals surface area contributed by atoms with E-state index in [4.69, 9.17) is 10.5 Å². The number of carbonyl (C=O) groups is 1. The van der Waals surface area contributed by atoms with E-state index in [1.165, 1.54) is 6.42 Å². The van der Waals surface area contributed by atoms with Crippen molar-refractivity contribution in [2.45, 2.75) is 31.2 Å². The van der Waals surface area contributed by atoms with Crippen molar-refractivity contribution in [2.24, 2.45) is 11.7 Å². The third-order valence-electron chi connectivity index (χ3n) is 2.92. The molecule has 3 nitrogen and oxygen atoms in total. The molecule has 2 atom stereocenters. The van der Waals surface area contributed by atoms with Crippen molar-refractivity contribution in [1.29, 1.82) is 0 Å². The molecule has 2 N–H and O–H groups in total. The second-order valence-electron chi connectivity index (χ2n) is 3.58. The van der Waals surface area contributed by atoms with Gasteiger partial charge in [-0.3, -0.25) is 4.79 Å². The average Bonchev–Trinajstić information content (AvgIpc) is 2.29. The first-order valence-corrected chi connectivity index (χ1v) is 4.19. The van der Waals surface area contributed by atoms with Crippen molar-refractivity contribution in [3.8, 4) is 0 Å². The first kappa shape index (κ1) is 7.10. The largest absolute Gasteiger partial charge is 0.464 e. The lowest BCUT2D eigenvalue weighted by Crippen LogP contribution is -2.51. The molecule has 62 valence electrons. The molecule has 0 spiro atoms. The highest BCUT2D eigenvalue weighted by atomic mass is 16.5. The molecule has 0 amide bonds. The first-order chi connectivity index (χ1) is 5.23. The van der Waals surface area contributed by atoms with Crippen LogP contribution in [0.2, 0.25) is 0 Å². The van der Waals surface area contributed by atoms with Crippen molar-refractivity contribution >= 4 is 5.97 Å². The van der Waals surface area contributed by atoms with Crippen LogP contribution in [0.3, 0.4) is 0 Å². The maximum absolute atomic E-state index is 11.2. The molecule has 1 saturated carbocycles. The summed E-state index contributed by atoms with van der Waals surface area (Å²) in [6, 6.07) is 0. The summed E-state index contributed by atoms with van der Waals surface area (Å²) in [6.07, 6.45) is 4.14. The molecule has 0 radical (unpaired) electrons. The summed E-state index contributed by atoms with van der Waals surface area (Å²) in [5.41, 5.74) is 5.32. The lowest BCUT2D eigenvalue weighted by molar-refractivity contribution is -0.142. The van der Waals surface area contributed by atoms with E-state index in [9.17, 15) is 4.79 Å². The monoisotopic (exact) mass is 155 g/mol. The number of carbonyl (C=O) groups excluding carboxylic acids is 1.